The fraction of sp³-hybridized carbons (Fsp3) is 0.583. The van der Waals surface area contributed by atoms with Gasteiger partial charge in [0.2, 0.25) is 0 Å². The van der Waals surface area contributed by atoms with Crippen molar-refractivity contribution in [1.29, 1.82) is 5.26 Å². The van der Waals surface area contributed by atoms with E-state index in [1.54, 1.807) is 12.1 Å². The molecule has 3 heterocycles. The lowest BCUT2D eigenvalue weighted by atomic mass is 10.0. The molecule has 3 aliphatic rings. The summed E-state index contributed by atoms with van der Waals surface area (Å²) < 4.78 is 1.49. The average Bonchev–Trinajstić information content (AvgIpc) is 3.45. The van der Waals surface area contributed by atoms with Crippen LogP contribution in [0.3, 0.4) is 0 Å². The highest BCUT2D eigenvalue weighted by Gasteiger charge is 2.30. The molecule has 1 aliphatic heterocycles. The zero-order valence-electron chi connectivity index (χ0n) is 18.3. The number of fused-ring (bicyclic) bond motifs is 1. The first-order valence-electron chi connectivity index (χ1n) is 11.9. The molecule has 1 saturated carbocycles. The maximum Gasteiger partial charge on any atom is 0.267 e. The zero-order valence-corrected chi connectivity index (χ0v) is 18.3. The predicted molar refractivity (Wildman–Crippen MR) is 122 cm³/mol. The van der Waals surface area contributed by atoms with Crippen molar-refractivity contribution < 1.29 is 5.11 Å². The van der Waals surface area contributed by atoms with Gasteiger partial charge in [0.25, 0.3) is 5.56 Å². The first-order valence-corrected chi connectivity index (χ1v) is 11.9. The van der Waals surface area contributed by atoms with Gasteiger partial charge in [0.05, 0.1) is 17.7 Å². The molecule has 0 spiro atoms. The molecule has 8 heteroatoms. The number of piperidine rings is 1. The van der Waals surface area contributed by atoms with Crippen LogP contribution in [0.1, 0.15) is 67.8 Å². The fourth-order valence-electron chi connectivity index (χ4n) is 5.43. The lowest BCUT2D eigenvalue weighted by Crippen LogP contribution is -2.45. The Bertz CT molecular complexity index is 1090. The number of nitriles is 1. The SMILES string of the molecule is N#Cc1cc2c(nc1NCC1CCCCN1c1ccc(=O)n(C3CCCC3O)n1)CCC2. The van der Waals surface area contributed by atoms with Crippen molar-refractivity contribution in [3.05, 3.63) is 45.4 Å². The summed E-state index contributed by atoms with van der Waals surface area (Å²) >= 11 is 0. The summed E-state index contributed by atoms with van der Waals surface area (Å²) in [5, 5.41) is 28.0. The number of aliphatic hydroxyl groups excluding tert-OH is 1. The third-order valence-corrected chi connectivity index (χ3v) is 7.17. The Balaban J connectivity index is 1.36. The topological polar surface area (TPSA) is 107 Å². The summed E-state index contributed by atoms with van der Waals surface area (Å²) in [7, 11) is 0. The number of aryl methyl sites for hydroxylation is 2. The molecule has 168 valence electrons. The van der Waals surface area contributed by atoms with Crippen molar-refractivity contribution in [2.75, 3.05) is 23.3 Å². The van der Waals surface area contributed by atoms with Crippen LogP contribution < -0.4 is 15.8 Å². The van der Waals surface area contributed by atoms with E-state index < -0.39 is 6.10 Å². The highest BCUT2D eigenvalue weighted by Crippen LogP contribution is 2.30. The molecule has 2 fully saturated rings. The fourth-order valence-corrected chi connectivity index (χ4v) is 5.43. The molecular weight excluding hydrogens is 404 g/mol. The smallest absolute Gasteiger partial charge is 0.267 e. The molecule has 5 rings (SSSR count). The first kappa shape index (κ1) is 21.0. The molecule has 32 heavy (non-hydrogen) atoms. The molecule has 1 saturated heterocycles. The minimum absolute atomic E-state index is 0.160. The van der Waals surface area contributed by atoms with Gasteiger partial charge in [-0.2, -0.15) is 10.4 Å². The molecule has 2 aliphatic carbocycles. The number of aliphatic hydroxyl groups is 1. The van der Waals surface area contributed by atoms with Gasteiger partial charge in [0.1, 0.15) is 17.7 Å². The molecule has 3 unspecified atom stereocenters. The van der Waals surface area contributed by atoms with Crippen LogP contribution in [0.4, 0.5) is 11.6 Å². The average molecular weight is 435 g/mol. The molecule has 3 atom stereocenters. The standard InChI is InChI=1S/C24H30N6O2/c25-14-17-13-16-5-3-7-19(16)27-24(17)26-15-18-6-1-2-12-29(18)22-10-11-23(32)30(28-22)20-8-4-9-21(20)31/h10-11,13,18,20-21,31H,1-9,12,15H2,(H,26,27). The number of hydrogen-bond donors (Lipinski definition) is 2. The van der Waals surface area contributed by atoms with E-state index in [0.717, 1.165) is 69.4 Å². The second kappa shape index (κ2) is 8.91. The van der Waals surface area contributed by atoms with Crippen molar-refractivity contribution in [3.8, 4) is 6.07 Å². The van der Waals surface area contributed by atoms with Gasteiger partial charge in [-0.3, -0.25) is 4.79 Å². The highest BCUT2D eigenvalue weighted by molar-refractivity contribution is 5.55. The number of nitrogens with zero attached hydrogens (tertiary/aromatic N) is 5. The van der Waals surface area contributed by atoms with Gasteiger partial charge in [-0.05, 0) is 75.5 Å². The molecular formula is C24H30N6O2. The lowest BCUT2D eigenvalue weighted by molar-refractivity contribution is 0.127. The monoisotopic (exact) mass is 434 g/mol. The lowest BCUT2D eigenvalue weighted by Gasteiger charge is -2.37. The molecule has 2 aromatic heterocycles. The Hall–Kier alpha value is -2.92. The van der Waals surface area contributed by atoms with Crippen LogP contribution in [0.5, 0.6) is 0 Å². The predicted octanol–water partition coefficient (Wildman–Crippen LogP) is 2.56. The Morgan fingerprint density at radius 3 is 2.88 bits per heavy atom. The normalized spacial score (nSPS) is 24.9. The van der Waals surface area contributed by atoms with Crippen molar-refractivity contribution in [3.63, 3.8) is 0 Å². The van der Waals surface area contributed by atoms with E-state index in [1.165, 1.54) is 10.2 Å². The van der Waals surface area contributed by atoms with Crippen LogP contribution in [0.15, 0.2) is 23.0 Å². The Labute approximate surface area is 187 Å². The maximum absolute atomic E-state index is 12.5. The van der Waals surface area contributed by atoms with Crippen LogP contribution in [0.25, 0.3) is 0 Å². The van der Waals surface area contributed by atoms with Crippen molar-refractivity contribution in [1.82, 2.24) is 14.8 Å². The maximum atomic E-state index is 12.5. The summed E-state index contributed by atoms with van der Waals surface area (Å²) in [6.07, 6.45) is 8.19. The number of aromatic nitrogens is 3. The summed E-state index contributed by atoms with van der Waals surface area (Å²) in [4.78, 5) is 19.5. The molecule has 2 aromatic rings. The molecule has 0 radical (unpaired) electrons. The van der Waals surface area contributed by atoms with E-state index in [2.05, 4.69) is 21.4 Å². The summed E-state index contributed by atoms with van der Waals surface area (Å²) in [5.41, 5.74) is 2.75. The quantitative estimate of drug-likeness (QED) is 0.745. The highest BCUT2D eigenvalue weighted by atomic mass is 16.3. The van der Waals surface area contributed by atoms with Crippen molar-refractivity contribution in [2.24, 2.45) is 0 Å². The largest absolute Gasteiger partial charge is 0.391 e. The molecule has 2 N–H and O–H groups in total. The van der Waals surface area contributed by atoms with Crippen LogP contribution in [-0.2, 0) is 12.8 Å². The molecule has 8 nitrogen and oxygen atoms in total. The summed E-state index contributed by atoms with van der Waals surface area (Å²) in [6.45, 7) is 1.53. The third kappa shape index (κ3) is 3.97. The summed E-state index contributed by atoms with van der Waals surface area (Å²) in [5.74, 6) is 1.45. The van der Waals surface area contributed by atoms with Gasteiger partial charge >= 0.3 is 0 Å². The van der Waals surface area contributed by atoms with Crippen LogP contribution in [-0.4, -0.2) is 45.1 Å². The molecule has 0 aromatic carbocycles. The Morgan fingerprint density at radius 2 is 2.06 bits per heavy atom. The second-order valence-corrected chi connectivity index (χ2v) is 9.22. The van der Waals surface area contributed by atoms with Gasteiger partial charge < -0.3 is 15.3 Å². The van der Waals surface area contributed by atoms with Gasteiger partial charge in [-0.15, -0.1) is 0 Å². The molecule has 0 amide bonds. The second-order valence-electron chi connectivity index (χ2n) is 9.22. The van der Waals surface area contributed by atoms with E-state index in [9.17, 15) is 15.2 Å². The number of pyridine rings is 1. The van der Waals surface area contributed by atoms with Gasteiger partial charge in [-0.25, -0.2) is 9.67 Å². The van der Waals surface area contributed by atoms with E-state index >= 15 is 0 Å². The van der Waals surface area contributed by atoms with Gasteiger partial charge in [-0.1, -0.05) is 0 Å². The van der Waals surface area contributed by atoms with Crippen LogP contribution in [0.2, 0.25) is 0 Å². The van der Waals surface area contributed by atoms with E-state index in [4.69, 9.17) is 4.98 Å². The minimum Gasteiger partial charge on any atom is -0.391 e. The summed E-state index contributed by atoms with van der Waals surface area (Å²) in [6, 6.07) is 7.60. The number of nitrogens with one attached hydrogen (secondary N) is 1. The van der Waals surface area contributed by atoms with Crippen LogP contribution in [0, 0.1) is 11.3 Å². The minimum atomic E-state index is -0.510. The van der Waals surface area contributed by atoms with E-state index in [1.807, 2.05) is 6.07 Å². The third-order valence-electron chi connectivity index (χ3n) is 7.17. The number of anilines is 2. The van der Waals surface area contributed by atoms with Crippen molar-refractivity contribution >= 4 is 11.6 Å². The number of hydrogen-bond acceptors (Lipinski definition) is 7. The molecule has 0 bridgehead atoms. The first-order chi connectivity index (χ1) is 15.6. The van der Waals surface area contributed by atoms with E-state index in [0.29, 0.717) is 24.3 Å². The van der Waals surface area contributed by atoms with Crippen LogP contribution >= 0.6 is 0 Å². The Kier molecular flexibility index (Phi) is 5.83. The number of rotatable bonds is 5. The van der Waals surface area contributed by atoms with Crippen molar-refractivity contribution in [2.45, 2.75) is 76.0 Å². The van der Waals surface area contributed by atoms with Gasteiger partial charge in [0, 0.05) is 30.9 Å². The van der Waals surface area contributed by atoms with E-state index in [-0.39, 0.29) is 17.6 Å². The zero-order chi connectivity index (χ0) is 22.1. The Morgan fingerprint density at radius 1 is 1.16 bits per heavy atom. The van der Waals surface area contributed by atoms with Gasteiger partial charge in [0.15, 0.2) is 0 Å².